The monoisotopic (exact) mass is 355 g/mol. The lowest BCUT2D eigenvalue weighted by Crippen LogP contribution is -2.44. The summed E-state index contributed by atoms with van der Waals surface area (Å²) in [6, 6.07) is 4.56. The van der Waals surface area contributed by atoms with Crippen molar-refractivity contribution in [1.82, 2.24) is 15.5 Å². The summed E-state index contributed by atoms with van der Waals surface area (Å²) in [6.45, 7) is 1.65. The molecule has 1 atom stereocenters. The van der Waals surface area contributed by atoms with E-state index in [0.29, 0.717) is 5.56 Å². The van der Waals surface area contributed by atoms with Gasteiger partial charge in [0.05, 0.1) is 0 Å². The van der Waals surface area contributed by atoms with Crippen molar-refractivity contribution in [3.63, 3.8) is 0 Å². The van der Waals surface area contributed by atoms with Crippen LogP contribution in [0.25, 0.3) is 0 Å². The first-order valence-electron chi connectivity index (χ1n) is 7.62. The van der Waals surface area contributed by atoms with Crippen molar-refractivity contribution in [1.29, 1.82) is 0 Å². The predicted molar refractivity (Wildman–Crippen MR) is 83.9 cm³/mol. The summed E-state index contributed by atoms with van der Waals surface area (Å²) in [7, 11) is 0. The standard InChI is InChI=1S/C16H19F2N3O4/c1-9(2)19-12(22)8-21-13(23)16(3,20-15(21)24)10-4-6-11(7-5-10)25-14(17)18/h4-7,9,14H,8H2,1-3H3,(H,19,22)(H,20,24). The number of urea groups is 1. The number of hydrogen-bond acceptors (Lipinski definition) is 4. The number of carbonyl (C=O) groups is 3. The Hall–Kier alpha value is -2.71. The van der Waals surface area contributed by atoms with E-state index in [1.54, 1.807) is 13.8 Å². The highest BCUT2D eigenvalue weighted by atomic mass is 19.3. The van der Waals surface area contributed by atoms with Gasteiger partial charge in [-0.15, -0.1) is 0 Å². The molecule has 9 heteroatoms. The van der Waals surface area contributed by atoms with E-state index in [1.165, 1.54) is 31.2 Å². The van der Waals surface area contributed by atoms with Gasteiger partial charge in [-0.05, 0) is 38.5 Å². The lowest BCUT2D eigenvalue weighted by Gasteiger charge is -2.22. The van der Waals surface area contributed by atoms with E-state index in [4.69, 9.17) is 0 Å². The zero-order valence-corrected chi connectivity index (χ0v) is 14.0. The van der Waals surface area contributed by atoms with Crippen LogP contribution in [0.3, 0.4) is 0 Å². The zero-order valence-electron chi connectivity index (χ0n) is 14.0. The van der Waals surface area contributed by atoms with Crippen LogP contribution in [-0.2, 0) is 15.1 Å². The third kappa shape index (κ3) is 4.04. The summed E-state index contributed by atoms with van der Waals surface area (Å²) in [5, 5.41) is 5.14. The Balaban J connectivity index is 2.17. The van der Waals surface area contributed by atoms with Crippen molar-refractivity contribution in [2.24, 2.45) is 0 Å². The second-order valence-corrected chi connectivity index (χ2v) is 6.07. The Bertz CT molecular complexity index is 678. The number of nitrogens with one attached hydrogen (secondary N) is 2. The lowest BCUT2D eigenvalue weighted by molar-refractivity contribution is -0.135. The van der Waals surface area contributed by atoms with Gasteiger partial charge in [-0.2, -0.15) is 8.78 Å². The molecule has 1 fully saturated rings. The average Bonchev–Trinajstić information content (AvgIpc) is 2.71. The largest absolute Gasteiger partial charge is 0.435 e. The molecule has 2 rings (SSSR count). The fourth-order valence-corrected chi connectivity index (χ4v) is 2.52. The number of rotatable bonds is 6. The molecule has 1 aromatic carbocycles. The summed E-state index contributed by atoms with van der Waals surface area (Å²) in [5.74, 6) is -1.12. The number of imide groups is 1. The van der Waals surface area contributed by atoms with Gasteiger partial charge < -0.3 is 15.4 Å². The highest BCUT2D eigenvalue weighted by Crippen LogP contribution is 2.30. The van der Waals surface area contributed by atoms with E-state index >= 15 is 0 Å². The fraction of sp³-hybridized carbons (Fsp3) is 0.438. The van der Waals surface area contributed by atoms with Crippen molar-refractivity contribution in [3.05, 3.63) is 29.8 Å². The molecule has 1 aromatic rings. The van der Waals surface area contributed by atoms with E-state index in [-0.39, 0.29) is 11.8 Å². The maximum atomic E-state index is 12.6. The van der Waals surface area contributed by atoms with Crippen LogP contribution >= 0.6 is 0 Å². The molecule has 25 heavy (non-hydrogen) atoms. The van der Waals surface area contributed by atoms with Crippen molar-refractivity contribution >= 4 is 17.8 Å². The molecule has 1 aliphatic rings. The minimum Gasteiger partial charge on any atom is -0.435 e. The van der Waals surface area contributed by atoms with Crippen LogP contribution in [0.5, 0.6) is 5.75 Å². The number of amides is 4. The van der Waals surface area contributed by atoms with Gasteiger partial charge in [0.1, 0.15) is 17.8 Å². The van der Waals surface area contributed by atoms with Gasteiger partial charge in [-0.25, -0.2) is 4.79 Å². The Morgan fingerprint density at radius 1 is 1.28 bits per heavy atom. The molecule has 2 N–H and O–H groups in total. The minimum absolute atomic E-state index is 0.0627. The third-order valence-electron chi connectivity index (χ3n) is 3.68. The van der Waals surface area contributed by atoms with E-state index in [9.17, 15) is 23.2 Å². The van der Waals surface area contributed by atoms with Crippen molar-refractivity contribution in [2.75, 3.05) is 6.54 Å². The molecule has 0 aromatic heterocycles. The number of carbonyl (C=O) groups excluding carboxylic acids is 3. The molecule has 0 spiro atoms. The van der Waals surface area contributed by atoms with E-state index < -0.39 is 36.5 Å². The smallest absolute Gasteiger partial charge is 0.387 e. The quantitative estimate of drug-likeness (QED) is 0.759. The maximum Gasteiger partial charge on any atom is 0.387 e. The summed E-state index contributed by atoms with van der Waals surface area (Å²) in [6.07, 6.45) is 0. The van der Waals surface area contributed by atoms with Crippen LogP contribution in [0.2, 0.25) is 0 Å². The van der Waals surface area contributed by atoms with Crippen LogP contribution in [-0.4, -0.2) is 41.9 Å². The van der Waals surface area contributed by atoms with Crippen LogP contribution in [0.15, 0.2) is 24.3 Å². The molecule has 1 heterocycles. The molecule has 4 amide bonds. The number of benzene rings is 1. The van der Waals surface area contributed by atoms with Crippen LogP contribution in [0, 0.1) is 0 Å². The molecule has 0 saturated carbocycles. The maximum absolute atomic E-state index is 12.6. The van der Waals surface area contributed by atoms with Gasteiger partial charge in [0, 0.05) is 6.04 Å². The van der Waals surface area contributed by atoms with Gasteiger partial charge >= 0.3 is 12.6 Å². The van der Waals surface area contributed by atoms with Crippen LogP contribution < -0.4 is 15.4 Å². The normalized spacial score (nSPS) is 20.2. The minimum atomic E-state index is -2.95. The summed E-state index contributed by atoms with van der Waals surface area (Å²) < 4.78 is 28.6. The SMILES string of the molecule is CC(C)NC(=O)CN1C(=O)NC(C)(c2ccc(OC(F)F)cc2)C1=O. The Morgan fingerprint density at radius 2 is 1.88 bits per heavy atom. The summed E-state index contributed by atoms with van der Waals surface area (Å²) in [5.41, 5.74) is -1.00. The number of nitrogens with zero attached hydrogens (tertiary/aromatic N) is 1. The number of halogens is 2. The lowest BCUT2D eigenvalue weighted by atomic mass is 9.92. The molecule has 1 aliphatic heterocycles. The topological polar surface area (TPSA) is 87.7 Å². The summed E-state index contributed by atoms with van der Waals surface area (Å²) >= 11 is 0. The van der Waals surface area contributed by atoms with Crippen LogP contribution in [0.1, 0.15) is 26.3 Å². The highest BCUT2D eigenvalue weighted by molar-refractivity contribution is 6.09. The molecule has 136 valence electrons. The van der Waals surface area contributed by atoms with E-state index in [2.05, 4.69) is 15.4 Å². The molecular weight excluding hydrogens is 336 g/mol. The first-order chi connectivity index (χ1) is 11.6. The Morgan fingerprint density at radius 3 is 2.40 bits per heavy atom. The van der Waals surface area contributed by atoms with Gasteiger partial charge in [-0.1, -0.05) is 12.1 Å². The Labute approximate surface area is 143 Å². The molecule has 1 saturated heterocycles. The molecule has 0 aliphatic carbocycles. The zero-order chi connectivity index (χ0) is 18.8. The van der Waals surface area contributed by atoms with Gasteiger partial charge in [0.25, 0.3) is 5.91 Å². The van der Waals surface area contributed by atoms with Crippen molar-refractivity contribution < 1.29 is 27.9 Å². The first kappa shape index (κ1) is 18.6. The van der Waals surface area contributed by atoms with E-state index in [0.717, 1.165) is 4.90 Å². The number of hydrogen-bond donors (Lipinski definition) is 2. The summed E-state index contributed by atoms with van der Waals surface area (Å²) in [4.78, 5) is 37.4. The average molecular weight is 355 g/mol. The molecular formula is C16H19F2N3O4. The fourth-order valence-electron chi connectivity index (χ4n) is 2.52. The third-order valence-corrected chi connectivity index (χ3v) is 3.68. The number of alkyl halides is 2. The van der Waals surface area contributed by atoms with E-state index in [1.807, 2.05) is 0 Å². The van der Waals surface area contributed by atoms with Gasteiger partial charge in [-0.3, -0.25) is 14.5 Å². The second-order valence-electron chi connectivity index (χ2n) is 6.07. The number of ether oxygens (including phenoxy) is 1. The predicted octanol–water partition coefficient (Wildman–Crippen LogP) is 1.58. The molecule has 1 unspecified atom stereocenters. The molecule has 0 radical (unpaired) electrons. The van der Waals surface area contributed by atoms with Gasteiger partial charge in [0.15, 0.2) is 0 Å². The highest BCUT2D eigenvalue weighted by Gasteiger charge is 2.49. The van der Waals surface area contributed by atoms with Crippen molar-refractivity contribution in [2.45, 2.75) is 39.0 Å². The van der Waals surface area contributed by atoms with Crippen LogP contribution in [0.4, 0.5) is 13.6 Å². The first-order valence-corrected chi connectivity index (χ1v) is 7.62. The van der Waals surface area contributed by atoms with Gasteiger partial charge in [0.2, 0.25) is 5.91 Å². The second kappa shape index (κ2) is 7.04. The van der Waals surface area contributed by atoms with Crippen molar-refractivity contribution in [3.8, 4) is 5.75 Å². The molecule has 0 bridgehead atoms. The molecule has 7 nitrogen and oxygen atoms in total. The Kier molecular flexibility index (Phi) is 5.24.